The van der Waals surface area contributed by atoms with Gasteiger partial charge in [-0.1, -0.05) is 75.4 Å². The van der Waals surface area contributed by atoms with Crippen LogP contribution in [0, 0.1) is 0 Å². The molecule has 0 heterocycles. The number of hydrogen-bond acceptors (Lipinski definition) is 1. The van der Waals surface area contributed by atoms with Gasteiger partial charge < -0.3 is 5.32 Å². The highest BCUT2D eigenvalue weighted by Gasteiger charge is 2.33. The molecular weight excluding hydrogens is 266 g/mol. The van der Waals surface area contributed by atoms with E-state index in [1.807, 2.05) is 14.1 Å². The van der Waals surface area contributed by atoms with Crippen LogP contribution >= 0.6 is 0 Å². The van der Waals surface area contributed by atoms with E-state index in [2.05, 4.69) is 80.7 Å². The minimum Gasteiger partial charge on any atom is -0.323 e. The lowest BCUT2D eigenvalue weighted by Crippen LogP contribution is -2.26. The van der Waals surface area contributed by atoms with Crippen molar-refractivity contribution in [3.63, 3.8) is 0 Å². The maximum absolute atomic E-state index is 2.75. The van der Waals surface area contributed by atoms with Crippen molar-refractivity contribution in [2.24, 2.45) is 0 Å². The predicted molar refractivity (Wildman–Crippen MR) is 97.4 cm³/mol. The number of hydrogen-bond donors (Lipinski definition) is 1. The fraction of sp³-hybridized carbons (Fsp3) is 0.333. The van der Waals surface area contributed by atoms with E-state index in [0.29, 0.717) is 0 Å². The Morgan fingerprint density at radius 1 is 0.864 bits per heavy atom. The molecular formula is C21H27N. The molecule has 0 radical (unpaired) electrons. The number of fused-ring (bicyclic) bond motifs is 2. The largest absolute Gasteiger partial charge is 0.323 e. The average molecular weight is 293 g/mol. The minimum absolute atomic E-state index is 0.0816. The summed E-state index contributed by atoms with van der Waals surface area (Å²) in [4.78, 5) is 0. The molecule has 1 N–H and O–H groups in total. The fourth-order valence-electron chi connectivity index (χ4n) is 3.24. The summed E-state index contributed by atoms with van der Waals surface area (Å²) in [6, 6.07) is 17.7. The molecule has 0 fully saturated rings. The molecule has 0 bridgehead atoms. The summed E-state index contributed by atoms with van der Waals surface area (Å²) in [6.45, 7) is 6.86. The van der Waals surface area contributed by atoms with Gasteiger partial charge in [0.25, 0.3) is 0 Å². The van der Waals surface area contributed by atoms with Gasteiger partial charge in [0.1, 0.15) is 0 Å². The Morgan fingerprint density at radius 3 is 1.68 bits per heavy atom. The Kier molecular flexibility index (Phi) is 5.20. The molecule has 0 aliphatic heterocycles. The molecule has 0 unspecified atom stereocenters. The van der Waals surface area contributed by atoms with Crippen LogP contribution in [0.1, 0.15) is 49.4 Å². The van der Waals surface area contributed by atoms with Crippen LogP contribution < -0.4 is 5.32 Å². The maximum Gasteiger partial charge on any atom is 0.0158 e. The lowest BCUT2D eigenvalue weighted by atomic mass is 9.67. The molecule has 116 valence electrons. The van der Waals surface area contributed by atoms with Crippen LogP contribution in [0.5, 0.6) is 0 Å². The van der Waals surface area contributed by atoms with E-state index in [1.165, 1.54) is 27.8 Å². The summed E-state index contributed by atoms with van der Waals surface area (Å²) in [6.07, 6.45) is 3.42. The van der Waals surface area contributed by atoms with E-state index >= 15 is 0 Å². The van der Waals surface area contributed by atoms with Gasteiger partial charge in [0.05, 0.1) is 0 Å². The lowest BCUT2D eigenvalue weighted by Gasteiger charge is -2.36. The molecule has 0 aromatic heterocycles. The molecule has 0 spiro atoms. The summed E-state index contributed by atoms with van der Waals surface area (Å²) in [5.74, 6) is 0. The van der Waals surface area contributed by atoms with Gasteiger partial charge >= 0.3 is 0 Å². The zero-order valence-corrected chi connectivity index (χ0v) is 14.4. The monoisotopic (exact) mass is 293 g/mol. The third-order valence-corrected chi connectivity index (χ3v) is 4.19. The fourth-order valence-corrected chi connectivity index (χ4v) is 3.24. The van der Waals surface area contributed by atoms with Gasteiger partial charge in [-0.25, -0.2) is 0 Å². The summed E-state index contributed by atoms with van der Waals surface area (Å²) >= 11 is 0. The van der Waals surface area contributed by atoms with E-state index in [4.69, 9.17) is 0 Å². The van der Waals surface area contributed by atoms with E-state index in [9.17, 15) is 0 Å². The Balaban J connectivity index is 0.000000545. The van der Waals surface area contributed by atoms with Crippen LogP contribution in [0.15, 0.2) is 54.6 Å². The Labute approximate surface area is 135 Å². The van der Waals surface area contributed by atoms with Gasteiger partial charge in [0, 0.05) is 5.41 Å². The van der Waals surface area contributed by atoms with Crippen molar-refractivity contribution in [2.45, 2.75) is 32.6 Å². The van der Waals surface area contributed by atoms with Crippen molar-refractivity contribution in [1.29, 1.82) is 0 Å². The molecule has 3 rings (SSSR count). The molecule has 1 aliphatic carbocycles. The van der Waals surface area contributed by atoms with Crippen molar-refractivity contribution in [2.75, 3.05) is 14.1 Å². The highest BCUT2D eigenvalue weighted by Crippen LogP contribution is 2.46. The number of nitrogens with one attached hydrogen (secondary N) is 1. The zero-order chi connectivity index (χ0) is 16.2. The molecule has 0 saturated carbocycles. The molecule has 2 aromatic rings. The second kappa shape index (κ2) is 6.93. The third-order valence-electron chi connectivity index (χ3n) is 4.19. The Hall–Kier alpha value is -1.86. The lowest BCUT2D eigenvalue weighted by molar-refractivity contribution is 0.630. The minimum atomic E-state index is 0.0816. The SMILES string of the molecule is CCC=C1c2ccccc2C(C)(C)c2ccccc21.CNC. The van der Waals surface area contributed by atoms with Gasteiger partial charge in [-0.2, -0.15) is 0 Å². The normalized spacial score (nSPS) is 14.3. The van der Waals surface area contributed by atoms with E-state index in [1.54, 1.807) is 0 Å². The molecule has 1 aliphatic rings. The van der Waals surface area contributed by atoms with E-state index < -0.39 is 0 Å². The summed E-state index contributed by atoms with van der Waals surface area (Å²) in [5, 5.41) is 2.75. The van der Waals surface area contributed by atoms with Crippen LogP contribution in [0.2, 0.25) is 0 Å². The van der Waals surface area contributed by atoms with Gasteiger partial charge in [-0.15, -0.1) is 0 Å². The molecule has 0 atom stereocenters. The molecule has 1 heteroatoms. The number of allylic oxidation sites excluding steroid dienone is 1. The molecule has 1 nitrogen and oxygen atoms in total. The third kappa shape index (κ3) is 2.86. The highest BCUT2D eigenvalue weighted by atomic mass is 14.7. The topological polar surface area (TPSA) is 12.0 Å². The van der Waals surface area contributed by atoms with Crippen LogP contribution in [0.4, 0.5) is 0 Å². The molecule has 2 aromatic carbocycles. The summed E-state index contributed by atoms with van der Waals surface area (Å²) < 4.78 is 0. The quantitative estimate of drug-likeness (QED) is 0.780. The number of benzene rings is 2. The zero-order valence-electron chi connectivity index (χ0n) is 14.4. The molecule has 0 amide bonds. The predicted octanol–water partition coefficient (Wildman–Crippen LogP) is 5.00. The van der Waals surface area contributed by atoms with E-state index in [0.717, 1.165) is 6.42 Å². The van der Waals surface area contributed by atoms with Gasteiger partial charge in [-0.05, 0) is 48.3 Å². The first-order chi connectivity index (χ1) is 10.6. The second-order valence-corrected chi connectivity index (χ2v) is 6.24. The van der Waals surface area contributed by atoms with Crippen molar-refractivity contribution in [3.8, 4) is 0 Å². The van der Waals surface area contributed by atoms with E-state index in [-0.39, 0.29) is 5.41 Å². The van der Waals surface area contributed by atoms with Crippen molar-refractivity contribution < 1.29 is 0 Å². The van der Waals surface area contributed by atoms with Crippen LogP contribution in [-0.4, -0.2) is 14.1 Å². The summed E-state index contributed by atoms with van der Waals surface area (Å²) in [5.41, 5.74) is 7.15. The maximum atomic E-state index is 2.75. The van der Waals surface area contributed by atoms with Crippen LogP contribution in [0.3, 0.4) is 0 Å². The Morgan fingerprint density at radius 2 is 1.27 bits per heavy atom. The van der Waals surface area contributed by atoms with Crippen LogP contribution in [-0.2, 0) is 5.41 Å². The smallest absolute Gasteiger partial charge is 0.0158 e. The first-order valence-electron chi connectivity index (χ1n) is 8.06. The number of rotatable bonds is 1. The standard InChI is InChI=1S/C19H20.C2H7N/c1-4-9-14-15-10-5-7-12-17(15)19(2,3)18-13-8-6-11-16(14)18;1-3-2/h5-13H,4H2,1-3H3;3H,1-2H3. The Bertz CT molecular complexity index is 614. The van der Waals surface area contributed by atoms with Gasteiger partial charge in [0.2, 0.25) is 0 Å². The van der Waals surface area contributed by atoms with Gasteiger partial charge in [0.15, 0.2) is 0 Å². The first-order valence-corrected chi connectivity index (χ1v) is 8.06. The van der Waals surface area contributed by atoms with Gasteiger partial charge in [-0.3, -0.25) is 0 Å². The molecule has 22 heavy (non-hydrogen) atoms. The first kappa shape index (κ1) is 16.5. The molecule has 0 saturated heterocycles. The van der Waals surface area contributed by atoms with Crippen molar-refractivity contribution in [3.05, 3.63) is 76.9 Å². The van der Waals surface area contributed by atoms with Crippen LogP contribution in [0.25, 0.3) is 5.57 Å². The second-order valence-electron chi connectivity index (χ2n) is 6.24. The highest BCUT2D eigenvalue weighted by molar-refractivity contribution is 5.87. The average Bonchev–Trinajstić information content (AvgIpc) is 2.53. The van der Waals surface area contributed by atoms with Crippen molar-refractivity contribution in [1.82, 2.24) is 5.32 Å². The summed E-state index contributed by atoms with van der Waals surface area (Å²) in [7, 11) is 3.75. The van der Waals surface area contributed by atoms with Crippen molar-refractivity contribution >= 4 is 5.57 Å².